The molecule has 0 bridgehead atoms. The minimum Gasteiger partial charge on any atom is -0.480 e. The van der Waals surface area contributed by atoms with E-state index in [9.17, 15) is 21.6 Å². The molecule has 0 aliphatic heterocycles. The fraction of sp³-hybridized carbons (Fsp3) is 0.174. The fourth-order valence-corrected chi connectivity index (χ4v) is 5.37. The highest BCUT2D eigenvalue weighted by Crippen LogP contribution is 2.22. The smallest absolute Gasteiger partial charge is 0.322 e. The zero-order valence-corrected chi connectivity index (χ0v) is 20.9. The molecule has 0 aromatic heterocycles. The van der Waals surface area contributed by atoms with E-state index in [-0.39, 0.29) is 29.4 Å². The molecule has 0 atom stereocenters. The Morgan fingerprint density at radius 3 is 2.14 bits per heavy atom. The van der Waals surface area contributed by atoms with Crippen molar-refractivity contribution in [3.63, 3.8) is 0 Å². The van der Waals surface area contributed by atoms with Crippen molar-refractivity contribution in [2.24, 2.45) is 5.14 Å². The number of carboxylic acid groups (broad SMARTS) is 1. The average Bonchev–Trinajstić information content (AvgIpc) is 2.80. The molecule has 4 N–H and O–H groups in total. The van der Waals surface area contributed by atoms with Gasteiger partial charge in [0.25, 0.3) is 0 Å². The number of nitrogens with two attached hydrogens (primary N) is 1. The van der Waals surface area contributed by atoms with Crippen molar-refractivity contribution in [2.45, 2.75) is 22.8 Å². The SMILES string of the molecule is NS(=O)(=O)c1ccc(CCN(Cc2cccc(NCC(=O)O)c2)S(=O)(=O)c2ccc(Cl)cc2)cc1. The second kappa shape index (κ2) is 11.2. The van der Waals surface area contributed by atoms with Crippen molar-refractivity contribution < 1.29 is 26.7 Å². The molecule has 0 saturated carbocycles. The first kappa shape index (κ1) is 26.6. The number of nitrogens with zero attached hydrogens (tertiary/aromatic N) is 1. The van der Waals surface area contributed by atoms with Crippen molar-refractivity contribution in [3.05, 3.63) is 88.9 Å². The molecule has 0 saturated heterocycles. The quantitative estimate of drug-likeness (QED) is 0.340. The van der Waals surface area contributed by atoms with Crippen LogP contribution < -0.4 is 10.5 Å². The number of hydrogen-bond donors (Lipinski definition) is 3. The number of primary sulfonamides is 1. The summed E-state index contributed by atoms with van der Waals surface area (Å²) in [6.07, 6.45) is 0.314. The summed E-state index contributed by atoms with van der Waals surface area (Å²) in [5.41, 5.74) is 1.93. The maximum absolute atomic E-state index is 13.4. The Hall–Kier alpha value is -2.96. The number of carbonyl (C=O) groups is 1. The topological polar surface area (TPSA) is 147 Å². The fourth-order valence-electron chi connectivity index (χ4n) is 3.30. The Labute approximate surface area is 209 Å². The van der Waals surface area contributed by atoms with E-state index in [0.29, 0.717) is 22.7 Å². The Morgan fingerprint density at radius 2 is 1.54 bits per heavy atom. The summed E-state index contributed by atoms with van der Waals surface area (Å²) in [7, 11) is -7.74. The maximum atomic E-state index is 13.4. The molecule has 0 heterocycles. The highest BCUT2D eigenvalue weighted by atomic mass is 35.5. The van der Waals surface area contributed by atoms with E-state index in [1.807, 2.05) is 0 Å². The summed E-state index contributed by atoms with van der Waals surface area (Å²) in [6, 6.07) is 18.6. The van der Waals surface area contributed by atoms with Crippen LogP contribution in [0.25, 0.3) is 0 Å². The number of anilines is 1. The molecular formula is C23H24ClN3O6S2. The van der Waals surface area contributed by atoms with Crippen molar-refractivity contribution >= 4 is 43.3 Å². The van der Waals surface area contributed by atoms with Crippen LogP contribution in [0.4, 0.5) is 5.69 Å². The van der Waals surface area contributed by atoms with Crippen LogP contribution in [0.2, 0.25) is 5.02 Å². The van der Waals surface area contributed by atoms with Gasteiger partial charge in [0, 0.05) is 23.8 Å². The van der Waals surface area contributed by atoms with Crippen LogP contribution in [0.3, 0.4) is 0 Å². The average molecular weight is 538 g/mol. The van der Waals surface area contributed by atoms with Gasteiger partial charge in [0.15, 0.2) is 0 Å². The molecule has 3 aromatic rings. The molecule has 9 nitrogen and oxygen atoms in total. The van der Waals surface area contributed by atoms with E-state index in [4.69, 9.17) is 21.8 Å². The second-order valence-corrected chi connectivity index (χ2v) is 11.6. The molecule has 35 heavy (non-hydrogen) atoms. The van der Waals surface area contributed by atoms with Crippen LogP contribution in [0.5, 0.6) is 0 Å². The molecule has 186 valence electrons. The number of carboxylic acids is 1. The third-order valence-corrected chi connectivity index (χ3v) is 8.12. The van der Waals surface area contributed by atoms with Gasteiger partial charge in [-0.3, -0.25) is 4.79 Å². The largest absolute Gasteiger partial charge is 0.480 e. The van der Waals surface area contributed by atoms with E-state index in [1.54, 1.807) is 36.4 Å². The first-order chi connectivity index (χ1) is 16.4. The molecule has 3 rings (SSSR count). The Bertz CT molecular complexity index is 1390. The zero-order chi connectivity index (χ0) is 25.6. The van der Waals surface area contributed by atoms with Gasteiger partial charge in [-0.2, -0.15) is 4.31 Å². The Balaban J connectivity index is 1.86. The van der Waals surface area contributed by atoms with Crippen LogP contribution >= 0.6 is 11.6 Å². The molecular weight excluding hydrogens is 514 g/mol. The number of rotatable bonds is 11. The van der Waals surface area contributed by atoms with Gasteiger partial charge in [0.1, 0.15) is 6.54 Å². The van der Waals surface area contributed by atoms with Gasteiger partial charge in [-0.05, 0) is 66.1 Å². The summed E-state index contributed by atoms with van der Waals surface area (Å²) < 4.78 is 51.2. The van der Waals surface area contributed by atoms with Crippen LogP contribution in [0.15, 0.2) is 82.6 Å². The molecule has 0 aliphatic rings. The number of sulfonamides is 2. The van der Waals surface area contributed by atoms with Gasteiger partial charge in [0.2, 0.25) is 20.0 Å². The highest BCUT2D eigenvalue weighted by molar-refractivity contribution is 7.89. The number of hydrogen-bond acceptors (Lipinski definition) is 6. The van der Waals surface area contributed by atoms with Crippen LogP contribution in [0, 0.1) is 0 Å². The molecule has 3 aromatic carbocycles. The lowest BCUT2D eigenvalue weighted by molar-refractivity contribution is -0.134. The van der Waals surface area contributed by atoms with Gasteiger partial charge in [-0.15, -0.1) is 0 Å². The number of aliphatic carboxylic acids is 1. The van der Waals surface area contributed by atoms with Gasteiger partial charge in [-0.1, -0.05) is 35.9 Å². The van der Waals surface area contributed by atoms with Gasteiger partial charge in [0.05, 0.1) is 9.79 Å². The summed E-state index contributed by atoms with van der Waals surface area (Å²) in [6.45, 7) is -0.139. The van der Waals surface area contributed by atoms with Gasteiger partial charge >= 0.3 is 5.97 Å². The lowest BCUT2D eigenvalue weighted by atomic mass is 10.1. The van der Waals surface area contributed by atoms with Crippen molar-refractivity contribution in [1.29, 1.82) is 0 Å². The van der Waals surface area contributed by atoms with Crippen LogP contribution in [-0.2, 0) is 37.8 Å². The number of benzene rings is 3. The van der Waals surface area contributed by atoms with Gasteiger partial charge < -0.3 is 10.4 Å². The third kappa shape index (κ3) is 7.51. The molecule has 12 heteroatoms. The molecule has 0 unspecified atom stereocenters. The van der Waals surface area contributed by atoms with E-state index in [1.165, 1.54) is 40.7 Å². The van der Waals surface area contributed by atoms with Gasteiger partial charge in [-0.25, -0.2) is 22.0 Å². The third-order valence-electron chi connectivity index (χ3n) is 5.08. The minimum atomic E-state index is -3.91. The Kier molecular flexibility index (Phi) is 8.51. The van der Waals surface area contributed by atoms with Crippen molar-refractivity contribution in [2.75, 3.05) is 18.4 Å². The van der Waals surface area contributed by atoms with E-state index in [2.05, 4.69) is 5.32 Å². The monoisotopic (exact) mass is 537 g/mol. The first-order valence-electron chi connectivity index (χ1n) is 10.4. The lowest BCUT2D eigenvalue weighted by Gasteiger charge is -2.23. The highest BCUT2D eigenvalue weighted by Gasteiger charge is 2.25. The van der Waals surface area contributed by atoms with Crippen molar-refractivity contribution in [3.8, 4) is 0 Å². The second-order valence-electron chi connectivity index (χ2n) is 7.68. The minimum absolute atomic E-state index is 0.0300. The summed E-state index contributed by atoms with van der Waals surface area (Å²) in [5, 5.41) is 17.2. The van der Waals surface area contributed by atoms with E-state index in [0.717, 1.165) is 5.56 Å². The molecule has 0 amide bonds. The summed E-state index contributed by atoms with van der Waals surface area (Å²) >= 11 is 5.92. The van der Waals surface area contributed by atoms with Crippen LogP contribution in [-0.4, -0.2) is 45.3 Å². The summed E-state index contributed by atoms with van der Waals surface area (Å²) in [4.78, 5) is 10.9. The van der Waals surface area contributed by atoms with Crippen molar-refractivity contribution in [1.82, 2.24) is 4.31 Å². The van der Waals surface area contributed by atoms with E-state index < -0.39 is 26.0 Å². The predicted octanol–water partition coefficient (Wildman–Crippen LogP) is 2.92. The van der Waals surface area contributed by atoms with Crippen LogP contribution in [0.1, 0.15) is 11.1 Å². The molecule has 0 radical (unpaired) electrons. The lowest BCUT2D eigenvalue weighted by Crippen LogP contribution is -2.32. The maximum Gasteiger partial charge on any atom is 0.322 e. The molecule has 0 spiro atoms. The number of nitrogens with one attached hydrogen (secondary N) is 1. The van der Waals surface area contributed by atoms with E-state index >= 15 is 0 Å². The molecule has 0 aliphatic carbocycles. The number of halogens is 1. The Morgan fingerprint density at radius 1 is 0.914 bits per heavy atom. The first-order valence-corrected chi connectivity index (χ1v) is 13.7. The standard InChI is InChI=1S/C23H24ClN3O6S2/c24-19-6-10-22(11-7-19)35(32,33)27(13-12-17-4-8-21(9-5-17)34(25,30)31)16-18-2-1-3-20(14-18)26-15-23(28)29/h1-11,14,26H,12-13,15-16H2,(H,28,29)(H2,25,30,31). The normalized spacial score (nSPS) is 12.0. The zero-order valence-electron chi connectivity index (χ0n) is 18.5. The summed E-state index contributed by atoms with van der Waals surface area (Å²) in [5.74, 6) is -1.02. The molecule has 0 fully saturated rings. The predicted molar refractivity (Wildman–Crippen MR) is 133 cm³/mol.